The molecular weight excluding hydrogens is 424 g/mol. The Morgan fingerprint density at radius 1 is 0.853 bits per heavy atom. The standard InChI is InChI=1S/C29H26N2O3/c1-3-34-27-17-16-22(24-14-7-8-15-25(24)27)19-26(31-28(32)21-11-5-4-6-12-21)29(33)30-23-13-9-10-20(2)18-23/h4-19H,3H2,1-2H3,(H,30,33)(H,31,32). The van der Waals surface area contributed by atoms with Crippen molar-refractivity contribution in [2.24, 2.45) is 0 Å². The third kappa shape index (κ3) is 5.33. The number of ether oxygens (including phenoxy) is 1. The molecule has 170 valence electrons. The number of nitrogens with one attached hydrogen (secondary N) is 2. The molecule has 4 aromatic carbocycles. The number of anilines is 1. The summed E-state index contributed by atoms with van der Waals surface area (Å²) in [4.78, 5) is 26.2. The highest BCUT2D eigenvalue weighted by atomic mass is 16.5. The zero-order valence-corrected chi connectivity index (χ0v) is 19.2. The van der Waals surface area contributed by atoms with Crippen molar-refractivity contribution in [2.45, 2.75) is 13.8 Å². The van der Waals surface area contributed by atoms with Gasteiger partial charge in [-0.25, -0.2) is 0 Å². The lowest BCUT2D eigenvalue weighted by molar-refractivity contribution is -0.113. The molecule has 0 saturated carbocycles. The van der Waals surface area contributed by atoms with Crippen LogP contribution in [0.5, 0.6) is 5.75 Å². The third-order valence-electron chi connectivity index (χ3n) is 5.32. The van der Waals surface area contributed by atoms with Crippen molar-refractivity contribution in [3.63, 3.8) is 0 Å². The maximum Gasteiger partial charge on any atom is 0.272 e. The van der Waals surface area contributed by atoms with Crippen LogP contribution < -0.4 is 15.4 Å². The van der Waals surface area contributed by atoms with Gasteiger partial charge < -0.3 is 15.4 Å². The SMILES string of the molecule is CCOc1ccc(C=C(NC(=O)c2ccccc2)C(=O)Nc2cccc(C)c2)c2ccccc12. The van der Waals surface area contributed by atoms with E-state index in [2.05, 4.69) is 10.6 Å². The minimum absolute atomic E-state index is 0.143. The van der Waals surface area contributed by atoms with Crippen molar-refractivity contribution in [2.75, 3.05) is 11.9 Å². The van der Waals surface area contributed by atoms with Gasteiger partial charge in [0.15, 0.2) is 0 Å². The quantitative estimate of drug-likeness (QED) is 0.342. The van der Waals surface area contributed by atoms with Gasteiger partial charge in [0.05, 0.1) is 6.61 Å². The molecule has 0 radical (unpaired) electrons. The molecule has 0 unspecified atom stereocenters. The summed E-state index contributed by atoms with van der Waals surface area (Å²) in [5.41, 5.74) is 3.08. The van der Waals surface area contributed by atoms with Crippen LogP contribution in [0.15, 0.2) is 96.7 Å². The molecule has 0 aromatic heterocycles. The predicted octanol–water partition coefficient (Wildman–Crippen LogP) is 5.96. The Morgan fingerprint density at radius 2 is 1.59 bits per heavy atom. The number of carbonyl (C=O) groups excluding carboxylic acids is 2. The highest BCUT2D eigenvalue weighted by Crippen LogP contribution is 2.30. The smallest absolute Gasteiger partial charge is 0.272 e. The van der Waals surface area contributed by atoms with Gasteiger partial charge in [0.25, 0.3) is 11.8 Å². The highest BCUT2D eigenvalue weighted by molar-refractivity contribution is 6.11. The molecule has 0 bridgehead atoms. The van der Waals surface area contributed by atoms with E-state index in [4.69, 9.17) is 4.74 Å². The third-order valence-corrected chi connectivity index (χ3v) is 5.32. The fraction of sp³-hybridized carbons (Fsp3) is 0.103. The first-order valence-electron chi connectivity index (χ1n) is 11.2. The second-order valence-electron chi connectivity index (χ2n) is 7.83. The molecule has 0 saturated heterocycles. The van der Waals surface area contributed by atoms with E-state index in [0.717, 1.165) is 27.6 Å². The minimum atomic E-state index is -0.409. The summed E-state index contributed by atoms with van der Waals surface area (Å²) in [7, 11) is 0. The fourth-order valence-electron chi connectivity index (χ4n) is 3.72. The maximum atomic E-state index is 13.3. The number of carbonyl (C=O) groups is 2. The van der Waals surface area contributed by atoms with Crippen molar-refractivity contribution in [1.29, 1.82) is 0 Å². The van der Waals surface area contributed by atoms with Gasteiger partial charge >= 0.3 is 0 Å². The molecule has 5 nitrogen and oxygen atoms in total. The molecule has 0 spiro atoms. The Kier molecular flexibility index (Phi) is 7.04. The first kappa shape index (κ1) is 22.8. The van der Waals surface area contributed by atoms with Crippen LogP contribution >= 0.6 is 0 Å². The summed E-state index contributed by atoms with van der Waals surface area (Å²) in [5.74, 6) is 0.00339. The van der Waals surface area contributed by atoms with E-state index in [-0.39, 0.29) is 11.6 Å². The number of hydrogen-bond acceptors (Lipinski definition) is 3. The highest BCUT2D eigenvalue weighted by Gasteiger charge is 2.16. The summed E-state index contributed by atoms with van der Waals surface area (Å²) in [5, 5.41) is 7.55. The lowest BCUT2D eigenvalue weighted by Gasteiger charge is -2.13. The van der Waals surface area contributed by atoms with Crippen LogP contribution in [0.4, 0.5) is 5.69 Å². The monoisotopic (exact) mass is 450 g/mol. The molecule has 2 N–H and O–H groups in total. The topological polar surface area (TPSA) is 67.4 Å². The number of rotatable bonds is 7. The normalized spacial score (nSPS) is 11.2. The number of fused-ring (bicyclic) bond motifs is 1. The Hall–Kier alpha value is -4.38. The van der Waals surface area contributed by atoms with Gasteiger partial charge in [0.1, 0.15) is 11.4 Å². The number of hydrogen-bond donors (Lipinski definition) is 2. The molecule has 34 heavy (non-hydrogen) atoms. The van der Waals surface area contributed by atoms with Crippen molar-refractivity contribution in [1.82, 2.24) is 5.32 Å². The van der Waals surface area contributed by atoms with Gasteiger partial charge in [-0.2, -0.15) is 0 Å². The van der Waals surface area contributed by atoms with E-state index in [1.54, 1.807) is 30.3 Å². The van der Waals surface area contributed by atoms with Gasteiger partial charge in [-0.3, -0.25) is 9.59 Å². The molecule has 0 aliphatic carbocycles. The van der Waals surface area contributed by atoms with Crippen LogP contribution in [0.1, 0.15) is 28.4 Å². The van der Waals surface area contributed by atoms with E-state index < -0.39 is 5.91 Å². The van der Waals surface area contributed by atoms with E-state index in [1.165, 1.54) is 0 Å². The van der Waals surface area contributed by atoms with Crippen LogP contribution in [0.2, 0.25) is 0 Å². The summed E-state index contributed by atoms with van der Waals surface area (Å²) < 4.78 is 5.77. The van der Waals surface area contributed by atoms with Crippen molar-refractivity contribution in [3.8, 4) is 5.75 Å². The maximum absolute atomic E-state index is 13.3. The fourth-order valence-corrected chi connectivity index (χ4v) is 3.72. The average Bonchev–Trinajstić information content (AvgIpc) is 2.85. The first-order valence-corrected chi connectivity index (χ1v) is 11.2. The van der Waals surface area contributed by atoms with Crippen molar-refractivity contribution < 1.29 is 14.3 Å². The Labute approximate surface area is 199 Å². The van der Waals surface area contributed by atoms with E-state index in [1.807, 2.05) is 80.6 Å². The minimum Gasteiger partial charge on any atom is -0.493 e. The van der Waals surface area contributed by atoms with Crippen LogP contribution in [-0.4, -0.2) is 18.4 Å². The van der Waals surface area contributed by atoms with Crippen LogP contribution in [-0.2, 0) is 4.79 Å². The largest absolute Gasteiger partial charge is 0.493 e. The van der Waals surface area contributed by atoms with Gasteiger partial charge in [-0.05, 0) is 66.8 Å². The van der Waals surface area contributed by atoms with Gasteiger partial charge in [0, 0.05) is 16.6 Å². The second-order valence-corrected chi connectivity index (χ2v) is 7.83. The van der Waals surface area contributed by atoms with Crippen LogP contribution in [0, 0.1) is 6.92 Å². The van der Waals surface area contributed by atoms with E-state index in [0.29, 0.717) is 17.9 Å². The molecule has 0 aliphatic heterocycles. The van der Waals surface area contributed by atoms with Crippen molar-refractivity contribution in [3.05, 3.63) is 113 Å². The number of amides is 2. The molecule has 2 amide bonds. The Bertz CT molecular complexity index is 1360. The second kappa shape index (κ2) is 10.5. The predicted molar refractivity (Wildman–Crippen MR) is 137 cm³/mol. The molecule has 0 atom stereocenters. The molecule has 0 aliphatic rings. The summed E-state index contributed by atoms with van der Waals surface area (Å²) >= 11 is 0. The molecule has 5 heteroatoms. The summed E-state index contributed by atoms with van der Waals surface area (Å²) in [6.07, 6.45) is 1.70. The zero-order valence-electron chi connectivity index (χ0n) is 19.2. The average molecular weight is 451 g/mol. The molecule has 4 rings (SSSR count). The first-order chi connectivity index (χ1) is 16.5. The Balaban J connectivity index is 1.75. The number of benzene rings is 4. The molecular formula is C29H26N2O3. The molecule has 4 aromatic rings. The number of aryl methyl sites for hydroxylation is 1. The lowest BCUT2D eigenvalue weighted by Crippen LogP contribution is -2.30. The Morgan fingerprint density at radius 3 is 2.32 bits per heavy atom. The van der Waals surface area contributed by atoms with Crippen LogP contribution in [0.25, 0.3) is 16.8 Å². The molecule has 0 heterocycles. The summed E-state index contributed by atoms with van der Waals surface area (Å²) in [6.45, 7) is 4.45. The van der Waals surface area contributed by atoms with E-state index in [9.17, 15) is 9.59 Å². The lowest BCUT2D eigenvalue weighted by atomic mass is 10.0. The van der Waals surface area contributed by atoms with Gasteiger partial charge in [-0.15, -0.1) is 0 Å². The molecule has 0 fully saturated rings. The zero-order chi connectivity index (χ0) is 23.9. The summed E-state index contributed by atoms with van der Waals surface area (Å²) in [6, 6.07) is 27.9. The van der Waals surface area contributed by atoms with Gasteiger partial charge in [-0.1, -0.05) is 60.7 Å². The van der Waals surface area contributed by atoms with E-state index >= 15 is 0 Å². The van der Waals surface area contributed by atoms with Gasteiger partial charge in [0.2, 0.25) is 0 Å². The van der Waals surface area contributed by atoms with Crippen molar-refractivity contribution >= 4 is 34.4 Å². The van der Waals surface area contributed by atoms with Crippen LogP contribution in [0.3, 0.4) is 0 Å².